The molecule has 0 saturated carbocycles. The summed E-state index contributed by atoms with van der Waals surface area (Å²) >= 11 is 4.97. The first-order chi connectivity index (χ1) is 15.1. The Hall–Kier alpha value is -2.52. The van der Waals surface area contributed by atoms with Crippen molar-refractivity contribution in [2.75, 3.05) is 18.2 Å². The van der Waals surface area contributed by atoms with Gasteiger partial charge in [0, 0.05) is 22.6 Å². The lowest BCUT2D eigenvalue weighted by atomic mass is 10.1. The second-order valence-corrected chi connectivity index (χ2v) is 8.96. The number of fused-ring (bicyclic) bond motifs is 3. The molecule has 0 bridgehead atoms. The van der Waals surface area contributed by atoms with Gasteiger partial charge in [-0.3, -0.25) is 0 Å². The van der Waals surface area contributed by atoms with E-state index < -0.39 is 6.23 Å². The van der Waals surface area contributed by atoms with E-state index in [1.807, 2.05) is 24.3 Å². The van der Waals surface area contributed by atoms with Crippen LogP contribution in [0.25, 0.3) is 11.3 Å². The fourth-order valence-electron chi connectivity index (χ4n) is 3.28. The Kier molecular flexibility index (Phi) is 6.82. The zero-order chi connectivity index (χ0) is 21.8. The van der Waals surface area contributed by atoms with Gasteiger partial charge in [-0.2, -0.15) is 4.98 Å². The van der Waals surface area contributed by atoms with E-state index in [9.17, 15) is 5.11 Å². The number of aromatic nitrogens is 3. The van der Waals surface area contributed by atoms with Crippen molar-refractivity contribution in [1.29, 1.82) is 0 Å². The molecule has 0 fully saturated rings. The van der Waals surface area contributed by atoms with Gasteiger partial charge in [0.25, 0.3) is 0 Å². The molecule has 0 radical (unpaired) electrons. The van der Waals surface area contributed by atoms with Crippen LogP contribution in [0.15, 0.2) is 46.0 Å². The predicted molar refractivity (Wildman–Crippen MR) is 125 cm³/mol. The van der Waals surface area contributed by atoms with E-state index in [0.717, 1.165) is 29.0 Å². The fraction of sp³-hybridized carbons (Fsp3) is 0.318. The number of nitrogens with one attached hydrogen (secondary N) is 1. The van der Waals surface area contributed by atoms with E-state index in [-0.39, 0.29) is 5.75 Å². The van der Waals surface area contributed by atoms with Crippen molar-refractivity contribution in [2.24, 2.45) is 0 Å². The summed E-state index contributed by atoms with van der Waals surface area (Å²) in [4.78, 5) is 4.66. The van der Waals surface area contributed by atoms with Crippen LogP contribution in [-0.2, 0) is 0 Å². The Labute approximate surface area is 193 Å². The maximum absolute atomic E-state index is 10.2. The Balaban J connectivity index is 1.72. The van der Waals surface area contributed by atoms with Crippen LogP contribution in [0.2, 0.25) is 0 Å². The number of benzene rings is 2. The minimum Gasteiger partial charge on any atom is -0.503 e. The van der Waals surface area contributed by atoms with Crippen molar-refractivity contribution in [3.8, 4) is 28.6 Å². The minimum atomic E-state index is -0.567. The van der Waals surface area contributed by atoms with Crippen LogP contribution < -0.4 is 14.8 Å². The predicted octanol–water partition coefficient (Wildman–Crippen LogP) is 5.80. The topological polar surface area (TPSA) is 89.4 Å². The van der Waals surface area contributed by atoms with E-state index >= 15 is 0 Å². The molecule has 1 aromatic heterocycles. The van der Waals surface area contributed by atoms with Crippen LogP contribution in [0, 0.1) is 0 Å². The smallest absolute Gasteiger partial charge is 0.247 e. The van der Waals surface area contributed by atoms with E-state index in [2.05, 4.69) is 43.4 Å². The van der Waals surface area contributed by atoms with Crippen LogP contribution in [0.3, 0.4) is 0 Å². The molecule has 1 atom stereocenters. The van der Waals surface area contributed by atoms with Gasteiger partial charge in [-0.25, -0.2) is 0 Å². The average Bonchev–Trinajstić information content (AvgIpc) is 2.95. The van der Waals surface area contributed by atoms with Crippen molar-refractivity contribution < 1.29 is 14.6 Å². The van der Waals surface area contributed by atoms with E-state index in [1.54, 1.807) is 23.9 Å². The number of rotatable bonds is 7. The van der Waals surface area contributed by atoms with Crippen LogP contribution in [0.5, 0.6) is 17.4 Å². The van der Waals surface area contributed by atoms with Gasteiger partial charge in [-0.05, 0) is 40.5 Å². The van der Waals surface area contributed by atoms with Gasteiger partial charge in [0.15, 0.2) is 23.4 Å². The van der Waals surface area contributed by atoms with Crippen LogP contribution in [0.1, 0.15) is 38.0 Å². The average molecular weight is 503 g/mol. The molecule has 9 heteroatoms. The van der Waals surface area contributed by atoms with Crippen molar-refractivity contribution in [1.82, 2.24) is 15.2 Å². The summed E-state index contributed by atoms with van der Waals surface area (Å²) in [6.45, 7) is 2.18. The molecule has 1 aliphatic rings. The molecule has 0 saturated heterocycles. The number of aromatic hydroxyl groups is 1. The highest BCUT2D eigenvalue weighted by atomic mass is 79.9. The first kappa shape index (κ1) is 21.7. The van der Waals surface area contributed by atoms with Gasteiger partial charge in [0.1, 0.15) is 0 Å². The number of phenols is 1. The highest BCUT2D eigenvalue weighted by Crippen LogP contribution is 2.42. The highest BCUT2D eigenvalue weighted by molar-refractivity contribution is 9.10. The standard InChI is InChI=1S/C22H23BrN4O3S/c1-3-4-7-10-31-22-25-21-18(26-27-22)14-8-5-6-9-16(14)24-20(30-21)13-11-15(23)19(28)17(12-13)29-2/h5-6,8-9,11-12,20,24,28H,3-4,7,10H2,1-2H3/t20-/m0/s1. The van der Waals surface area contributed by atoms with Crippen molar-refractivity contribution in [3.05, 3.63) is 46.4 Å². The summed E-state index contributed by atoms with van der Waals surface area (Å²) in [5.41, 5.74) is 3.08. The first-order valence-corrected chi connectivity index (χ1v) is 11.8. The monoisotopic (exact) mass is 502 g/mol. The van der Waals surface area contributed by atoms with E-state index in [0.29, 0.717) is 27.0 Å². The molecule has 0 amide bonds. The van der Waals surface area contributed by atoms with Gasteiger partial charge < -0.3 is 19.9 Å². The molecule has 0 spiro atoms. The normalized spacial score (nSPS) is 14.6. The maximum Gasteiger partial charge on any atom is 0.247 e. The summed E-state index contributed by atoms with van der Waals surface area (Å²) in [6.07, 6.45) is 2.89. The molecule has 0 aliphatic carbocycles. The van der Waals surface area contributed by atoms with E-state index in [1.165, 1.54) is 20.0 Å². The van der Waals surface area contributed by atoms with Gasteiger partial charge >= 0.3 is 0 Å². The zero-order valence-corrected chi connectivity index (χ0v) is 19.7. The summed E-state index contributed by atoms with van der Waals surface area (Å²) in [6, 6.07) is 11.3. The fourth-order valence-corrected chi connectivity index (χ4v) is 4.51. The lowest BCUT2D eigenvalue weighted by Crippen LogP contribution is -2.17. The summed E-state index contributed by atoms with van der Waals surface area (Å²) in [5.74, 6) is 1.74. The molecule has 1 aliphatic heterocycles. The van der Waals surface area contributed by atoms with Crippen molar-refractivity contribution >= 4 is 33.4 Å². The van der Waals surface area contributed by atoms with Crippen LogP contribution >= 0.6 is 27.7 Å². The lowest BCUT2D eigenvalue weighted by molar-refractivity contribution is 0.224. The van der Waals surface area contributed by atoms with Crippen LogP contribution in [0.4, 0.5) is 5.69 Å². The Morgan fingerprint density at radius 2 is 2.06 bits per heavy atom. The molecule has 2 heterocycles. The number of unbranched alkanes of at least 4 members (excludes halogenated alkanes) is 2. The first-order valence-electron chi connectivity index (χ1n) is 10.1. The summed E-state index contributed by atoms with van der Waals surface area (Å²) in [7, 11) is 1.51. The summed E-state index contributed by atoms with van der Waals surface area (Å²) in [5, 5.41) is 22.9. The Bertz CT molecular complexity index is 1080. The number of methoxy groups -OCH3 is 1. The van der Waals surface area contributed by atoms with Gasteiger partial charge in [0.05, 0.1) is 11.6 Å². The molecule has 4 rings (SSSR count). The largest absolute Gasteiger partial charge is 0.503 e. The van der Waals surface area contributed by atoms with Gasteiger partial charge in [-0.1, -0.05) is 49.7 Å². The number of hydrogen-bond acceptors (Lipinski definition) is 8. The van der Waals surface area contributed by atoms with Gasteiger partial charge in [-0.15, -0.1) is 10.2 Å². The number of hydrogen-bond donors (Lipinski definition) is 2. The minimum absolute atomic E-state index is 0.0374. The number of halogens is 1. The molecule has 162 valence electrons. The lowest BCUT2D eigenvalue weighted by Gasteiger charge is -2.20. The second kappa shape index (κ2) is 9.74. The SMILES string of the molecule is CCCCCSc1nnc2c(n1)O[C@@H](c1cc(Br)c(O)c(OC)c1)Nc1ccccc1-2. The summed E-state index contributed by atoms with van der Waals surface area (Å²) < 4.78 is 12.1. The Morgan fingerprint density at radius 1 is 1.23 bits per heavy atom. The molecule has 2 aromatic carbocycles. The zero-order valence-electron chi connectivity index (χ0n) is 17.3. The van der Waals surface area contributed by atoms with Gasteiger partial charge in [0.2, 0.25) is 11.0 Å². The third-order valence-electron chi connectivity index (χ3n) is 4.89. The molecular formula is C22H23BrN4O3S. The number of anilines is 1. The molecule has 31 heavy (non-hydrogen) atoms. The number of ether oxygens (including phenoxy) is 2. The quantitative estimate of drug-likeness (QED) is 0.309. The number of nitrogens with zero attached hydrogens (tertiary/aromatic N) is 3. The number of phenolic OH excluding ortho intramolecular Hbond substituents is 1. The molecular weight excluding hydrogens is 480 g/mol. The molecule has 0 unspecified atom stereocenters. The van der Waals surface area contributed by atoms with Crippen molar-refractivity contribution in [2.45, 2.75) is 37.6 Å². The van der Waals surface area contributed by atoms with Crippen LogP contribution in [-0.4, -0.2) is 33.2 Å². The maximum atomic E-state index is 10.2. The molecule has 3 aromatic rings. The molecule has 2 N–H and O–H groups in total. The third-order valence-corrected chi connectivity index (χ3v) is 6.41. The van der Waals surface area contributed by atoms with Crippen molar-refractivity contribution in [3.63, 3.8) is 0 Å². The Morgan fingerprint density at radius 3 is 2.87 bits per heavy atom. The highest BCUT2D eigenvalue weighted by Gasteiger charge is 2.27. The number of para-hydroxylation sites is 1. The second-order valence-electron chi connectivity index (χ2n) is 7.05. The third kappa shape index (κ3) is 4.72. The molecule has 7 nitrogen and oxygen atoms in total. The number of thioether (sulfide) groups is 1. The van der Waals surface area contributed by atoms with E-state index in [4.69, 9.17) is 9.47 Å².